The first kappa shape index (κ1) is 17.0. The second-order valence-electron chi connectivity index (χ2n) is 5.26. The highest BCUT2D eigenvalue weighted by Gasteiger charge is 2.18. The second-order valence-corrected chi connectivity index (χ2v) is 5.67. The minimum atomic E-state index is -0.495. The van der Waals surface area contributed by atoms with Gasteiger partial charge in [0.25, 0.3) is 5.69 Å². The number of hydrogen-bond donors (Lipinski definition) is 0. The van der Waals surface area contributed by atoms with Gasteiger partial charge < -0.3 is 9.42 Å². The molecule has 1 aromatic carbocycles. The lowest BCUT2D eigenvalue weighted by molar-refractivity contribution is -0.384. The van der Waals surface area contributed by atoms with E-state index < -0.39 is 4.92 Å². The summed E-state index contributed by atoms with van der Waals surface area (Å²) < 4.78 is 5.04. The van der Waals surface area contributed by atoms with Crippen molar-refractivity contribution in [2.24, 2.45) is 0 Å². The van der Waals surface area contributed by atoms with Crippen LogP contribution in [0.3, 0.4) is 0 Å². The predicted octanol–water partition coefficient (Wildman–Crippen LogP) is 3.05. The molecule has 8 heteroatoms. The Morgan fingerprint density at radius 2 is 2.13 bits per heavy atom. The zero-order valence-electron chi connectivity index (χ0n) is 13.0. The summed E-state index contributed by atoms with van der Waals surface area (Å²) in [5, 5.41) is 15.0. The number of rotatable bonds is 5. The largest absolute Gasteiger partial charge is 0.361 e. The number of halogens is 1. The maximum absolute atomic E-state index is 12.3. The Labute approximate surface area is 138 Å². The molecule has 1 amide bonds. The molecule has 0 saturated heterocycles. The van der Waals surface area contributed by atoms with Crippen molar-refractivity contribution in [1.29, 1.82) is 0 Å². The number of non-ortho nitro benzene ring substituents is 1. The third-order valence-electron chi connectivity index (χ3n) is 3.58. The second kappa shape index (κ2) is 6.78. The SMILES string of the molecule is Cc1noc(C)c1CC(=O)N(C)Cc1cc([N+](=O)[O-])ccc1Cl. The summed E-state index contributed by atoms with van der Waals surface area (Å²) in [5.74, 6) is 0.458. The monoisotopic (exact) mass is 337 g/mol. The standard InChI is InChI=1S/C15H16ClN3O4/c1-9-13(10(2)23-17-9)7-15(20)18(3)8-11-6-12(19(21)22)4-5-14(11)16/h4-6H,7-8H2,1-3H3. The van der Waals surface area contributed by atoms with Crippen molar-refractivity contribution in [1.82, 2.24) is 10.1 Å². The Bertz CT molecular complexity index is 738. The molecule has 0 aliphatic heterocycles. The van der Waals surface area contributed by atoms with Gasteiger partial charge in [-0.2, -0.15) is 0 Å². The molecule has 7 nitrogen and oxygen atoms in total. The summed E-state index contributed by atoms with van der Waals surface area (Å²) in [4.78, 5) is 24.1. The molecule has 0 fully saturated rings. The van der Waals surface area contributed by atoms with Crippen molar-refractivity contribution in [2.75, 3.05) is 7.05 Å². The van der Waals surface area contributed by atoms with Gasteiger partial charge in [-0.3, -0.25) is 14.9 Å². The maximum atomic E-state index is 12.3. The number of benzene rings is 1. The average molecular weight is 338 g/mol. The zero-order valence-corrected chi connectivity index (χ0v) is 13.8. The van der Waals surface area contributed by atoms with Crippen molar-refractivity contribution in [2.45, 2.75) is 26.8 Å². The smallest absolute Gasteiger partial charge is 0.269 e. The molecular weight excluding hydrogens is 322 g/mol. The summed E-state index contributed by atoms with van der Waals surface area (Å²) in [6, 6.07) is 4.17. The van der Waals surface area contributed by atoms with Gasteiger partial charge >= 0.3 is 0 Å². The Kier molecular flexibility index (Phi) is 5.00. The minimum Gasteiger partial charge on any atom is -0.361 e. The van der Waals surface area contributed by atoms with Gasteiger partial charge in [-0.1, -0.05) is 16.8 Å². The lowest BCUT2D eigenvalue weighted by Crippen LogP contribution is -2.28. The van der Waals surface area contributed by atoms with E-state index in [0.29, 0.717) is 22.0 Å². The van der Waals surface area contributed by atoms with Crippen molar-refractivity contribution < 1.29 is 14.2 Å². The molecule has 1 aromatic heterocycles. The van der Waals surface area contributed by atoms with Gasteiger partial charge in [0, 0.05) is 36.3 Å². The van der Waals surface area contributed by atoms with E-state index in [1.807, 2.05) is 0 Å². The van der Waals surface area contributed by atoms with E-state index >= 15 is 0 Å². The molecule has 1 heterocycles. The van der Waals surface area contributed by atoms with Crippen LogP contribution in [0.5, 0.6) is 0 Å². The number of hydrogen-bond acceptors (Lipinski definition) is 5. The first-order chi connectivity index (χ1) is 10.8. The van der Waals surface area contributed by atoms with Gasteiger partial charge in [0.15, 0.2) is 0 Å². The first-order valence-electron chi connectivity index (χ1n) is 6.88. The lowest BCUT2D eigenvalue weighted by atomic mass is 10.1. The average Bonchev–Trinajstić information content (AvgIpc) is 2.80. The molecule has 0 aliphatic rings. The number of nitrogens with zero attached hydrogens (tertiary/aromatic N) is 3. The Balaban J connectivity index is 2.12. The number of likely N-dealkylation sites (N-methyl/N-ethyl adjacent to an activating group) is 1. The molecule has 0 atom stereocenters. The third-order valence-corrected chi connectivity index (χ3v) is 3.95. The van der Waals surface area contributed by atoms with Crippen LogP contribution in [0.2, 0.25) is 5.02 Å². The number of nitro groups is 1. The van der Waals surface area contributed by atoms with Crippen LogP contribution in [0.15, 0.2) is 22.7 Å². The fourth-order valence-electron chi connectivity index (χ4n) is 2.18. The van der Waals surface area contributed by atoms with Gasteiger partial charge in [0.05, 0.1) is 17.0 Å². The minimum absolute atomic E-state index is 0.0593. The van der Waals surface area contributed by atoms with Crippen LogP contribution in [0.25, 0.3) is 0 Å². The van der Waals surface area contributed by atoms with Crippen LogP contribution in [0.4, 0.5) is 5.69 Å². The number of carbonyl (C=O) groups excluding carboxylic acids is 1. The quantitative estimate of drug-likeness (QED) is 0.618. The van der Waals surface area contributed by atoms with Crippen molar-refractivity contribution in [3.63, 3.8) is 0 Å². The summed E-state index contributed by atoms with van der Waals surface area (Å²) in [7, 11) is 1.62. The molecule has 0 N–H and O–H groups in total. The summed E-state index contributed by atoms with van der Waals surface area (Å²) in [6.45, 7) is 3.71. The van der Waals surface area contributed by atoms with Gasteiger partial charge in [-0.15, -0.1) is 0 Å². The number of carbonyl (C=O) groups is 1. The Morgan fingerprint density at radius 3 is 2.70 bits per heavy atom. The van der Waals surface area contributed by atoms with Crippen LogP contribution < -0.4 is 0 Å². The van der Waals surface area contributed by atoms with Gasteiger partial charge in [0.2, 0.25) is 5.91 Å². The number of aryl methyl sites for hydroxylation is 2. The van der Waals surface area contributed by atoms with Crippen molar-refractivity contribution in [3.05, 3.63) is 55.9 Å². The Morgan fingerprint density at radius 1 is 1.43 bits per heavy atom. The molecule has 0 radical (unpaired) electrons. The molecule has 23 heavy (non-hydrogen) atoms. The van der Waals surface area contributed by atoms with E-state index in [1.165, 1.54) is 23.1 Å². The van der Waals surface area contributed by atoms with Crippen molar-refractivity contribution in [3.8, 4) is 0 Å². The van der Waals surface area contributed by atoms with E-state index in [1.54, 1.807) is 20.9 Å². The fraction of sp³-hybridized carbons (Fsp3) is 0.333. The maximum Gasteiger partial charge on any atom is 0.269 e. The van der Waals surface area contributed by atoms with E-state index in [4.69, 9.17) is 16.1 Å². The van der Waals surface area contributed by atoms with E-state index in [0.717, 1.165) is 5.56 Å². The molecule has 0 unspecified atom stereocenters. The van der Waals surface area contributed by atoms with Crippen LogP contribution in [0.1, 0.15) is 22.6 Å². The molecular formula is C15H16ClN3O4. The number of nitro benzene ring substituents is 1. The van der Waals surface area contributed by atoms with Gasteiger partial charge in [-0.05, 0) is 25.5 Å². The molecule has 2 aromatic rings. The van der Waals surface area contributed by atoms with Crippen LogP contribution >= 0.6 is 11.6 Å². The summed E-state index contributed by atoms with van der Waals surface area (Å²) in [6.07, 6.45) is 0.157. The van der Waals surface area contributed by atoms with Gasteiger partial charge in [0.1, 0.15) is 5.76 Å². The molecule has 0 saturated carbocycles. The van der Waals surface area contributed by atoms with Crippen LogP contribution in [0, 0.1) is 24.0 Å². The summed E-state index contributed by atoms with van der Waals surface area (Å²) >= 11 is 6.06. The highest BCUT2D eigenvalue weighted by molar-refractivity contribution is 6.31. The van der Waals surface area contributed by atoms with E-state index in [9.17, 15) is 14.9 Å². The highest BCUT2D eigenvalue weighted by atomic mass is 35.5. The normalized spacial score (nSPS) is 10.6. The fourth-order valence-corrected chi connectivity index (χ4v) is 2.36. The lowest BCUT2D eigenvalue weighted by Gasteiger charge is -2.18. The zero-order chi connectivity index (χ0) is 17.1. The number of amides is 1. The predicted molar refractivity (Wildman–Crippen MR) is 84.3 cm³/mol. The molecule has 0 bridgehead atoms. The van der Waals surface area contributed by atoms with E-state index in [2.05, 4.69) is 5.16 Å². The topological polar surface area (TPSA) is 89.5 Å². The van der Waals surface area contributed by atoms with Gasteiger partial charge in [-0.25, -0.2) is 0 Å². The number of aromatic nitrogens is 1. The molecule has 122 valence electrons. The Hall–Kier alpha value is -2.41. The van der Waals surface area contributed by atoms with Crippen molar-refractivity contribution >= 4 is 23.2 Å². The molecule has 2 rings (SSSR count). The van der Waals surface area contributed by atoms with E-state index in [-0.39, 0.29) is 24.6 Å². The molecule has 0 aliphatic carbocycles. The first-order valence-corrected chi connectivity index (χ1v) is 7.26. The summed E-state index contributed by atoms with van der Waals surface area (Å²) in [5.41, 5.74) is 1.90. The van der Waals surface area contributed by atoms with Crippen LogP contribution in [-0.4, -0.2) is 27.9 Å². The highest BCUT2D eigenvalue weighted by Crippen LogP contribution is 2.23. The molecule has 0 spiro atoms. The third kappa shape index (κ3) is 3.87. The van der Waals surface area contributed by atoms with Crippen LogP contribution in [-0.2, 0) is 17.8 Å².